The smallest absolute Gasteiger partial charge is 0.374 e. The van der Waals surface area contributed by atoms with Gasteiger partial charge in [0.2, 0.25) is 0 Å². The van der Waals surface area contributed by atoms with E-state index in [-0.39, 0.29) is 0 Å². The van der Waals surface area contributed by atoms with Crippen molar-refractivity contribution >= 4 is 18.9 Å². The summed E-state index contributed by atoms with van der Waals surface area (Å²) in [6.07, 6.45) is 4.33. The van der Waals surface area contributed by atoms with Gasteiger partial charge in [0.15, 0.2) is 0 Å². The van der Waals surface area contributed by atoms with E-state index in [4.69, 9.17) is 0 Å². The van der Waals surface area contributed by atoms with Crippen LogP contribution >= 0.6 is 0 Å². The molecule has 1 aliphatic rings. The summed E-state index contributed by atoms with van der Waals surface area (Å²) in [6.45, 7) is 18.1. The summed E-state index contributed by atoms with van der Waals surface area (Å²) < 4.78 is 0. The third-order valence-corrected chi connectivity index (χ3v) is 5.82. The van der Waals surface area contributed by atoms with Gasteiger partial charge in [0.25, 0.3) is 0 Å². The first kappa shape index (κ1) is 21.6. The minimum absolute atomic E-state index is 0.520. The molecule has 2 aromatic carbocycles. The summed E-state index contributed by atoms with van der Waals surface area (Å²) >= 11 is 0. The first-order valence-corrected chi connectivity index (χ1v) is 11.1. The molecule has 1 heterocycles. The van der Waals surface area contributed by atoms with Crippen LogP contribution in [0.15, 0.2) is 48.8 Å². The van der Waals surface area contributed by atoms with Gasteiger partial charge >= 0.3 is 7.55 Å². The highest BCUT2D eigenvalue weighted by Gasteiger charge is 2.21. The summed E-state index contributed by atoms with van der Waals surface area (Å²) in [6, 6.07) is 14.0. The molecule has 0 N–H and O–H groups in total. The third kappa shape index (κ3) is 4.89. The van der Waals surface area contributed by atoms with Crippen LogP contribution in [-0.4, -0.2) is 7.55 Å². The van der Waals surface area contributed by atoms with E-state index in [2.05, 4.69) is 121 Å². The molecule has 0 saturated heterocycles. The molecule has 2 nitrogen and oxygen atoms in total. The van der Waals surface area contributed by atoms with Gasteiger partial charge in [-0.3, -0.25) is 0 Å². The zero-order valence-electron chi connectivity index (χ0n) is 19.4. The van der Waals surface area contributed by atoms with E-state index < -0.39 is 0 Å². The molecule has 0 fully saturated rings. The topological polar surface area (TPSA) is 6.48 Å². The predicted octanol–water partition coefficient (Wildman–Crippen LogP) is 7.51. The zero-order valence-corrected chi connectivity index (χ0v) is 19.4. The van der Waals surface area contributed by atoms with Crippen molar-refractivity contribution in [2.24, 2.45) is 0 Å². The highest BCUT2D eigenvalue weighted by Crippen LogP contribution is 2.32. The second kappa shape index (κ2) is 8.69. The lowest BCUT2D eigenvalue weighted by Crippen LogP contribution is -2.29. The Bertz CT molecular complexity index is 756. The van der Waals surface area contributed by atoms with E-state index in [1.54, 1.807) is 0 Å². The van der Waals surface area contributed by atoms with Gasteiger partial charge in [-0.15, -0.1) is 0 Å². The van der Waals surface area contributed by atoms with Crippen molar-refractivity contribution in [2.75, 3.05) is 9.62 Å². The minimum atomic E-state index is 0.520. The van der Waals surface area contributed by atoms with Crippen molar-refractivity contribution in [1.82, 2.24) is 0 Å². The molecular formula is C26H36BN2. The van der Waals surface area contributed by atoms with Crippen molar-refractivity contribution < 1.29 is 0 Å². The van der Waals surface area contributed by atoms with Crippen LogP contribution in [0.25, 0.3) is 0 Å². The fraction of sp³-hybridized carbons (Fsp3) is 0.462. The van der Waals surface area contributed by atoms with Gasteiger partial charge < -0.3 is 9.62 Å². The van der Waals surface area contributed by atoms with Crippen LogP contribution in [0.1, 0.15) is 101 Å². The summed E-state index contributed by atoms with van der Waals surface area (Å²) in [5.41, 5.74) is 8.07. The summed E-state index contributed by atoms with van der Waals surface area (Å²) in [7, 11) is 2.20. The standard InChI is InChI=1S/C26H36BN2/c1-17(2)21-11-22(18(3)4)14-25(13-21)28-9-10-29(27-28)26-15-23(19(5)6)12-24(16-26)20(7)8/h9-20H,1-8H3. The lowest BCUT2D eigenvalue weighted by molar-refractivity contribution is 0.834. The van der Waals surface area contributed by atoms with E-state index in [1.807, 2.05) is 0 Å². The van der Waals surface area contributed by atoms with Gasteiger partial charge in [-0.25, -0.2) is 0 Å². The Hall–Kier alpha value is -2.16. The van der Waals surface area contributed by atoms with Crippen molar-refractivity contribution in [3.63, 3.8) is 0 Å². The van der Waals surface area contributed by atoms with Crippen LogP contribution in [0.2, 0.25) is 0 Å². The largest absolute Gasteiger partial charge is 0.400 e. The molecular weight excluding hydrogens is 351 g/mol. The summed E-state index contributed by atoms with van der Waals surface area (Å²) in [5.74, 6) is 2.08. The van der Waals surface area contributed by atoms with Crippen LogP contribution < -0.4 is 9.62 Å². The molecule has 0 atom stereocenters. The van der Waals surface area contributed by atoms with E-state index in [9.17, 15) is 0 Å². The Balaban J connectivity index is 1.90. The van der Waals surface area contributed by atoms with Gasteiger partial charge in [0, 0.05) is 23.8 Å². The highest BCUT2D eigenvalue weighted by molar-refractivity contribution is 6.49. The molecule has 0 aromatic heterocycles. The van der Waals surface area contributed by atoms with Gasteiger partial charge in [0.1, 0.15) is 0 Å². The molecule has 29 heavy (non-hydrogen) atoms. The molecule has 3 heteroatoms. The molecule has 0 unspecified atom stereocenters. The quantitative estimate of drug-likeness (QED) is 0.473. The van der Waals surface area contributed by atoms with Gasteiger partial charge in [-0.2, -0.15) is 0 Å². The first-order valence-electron chi connectivity index (χ1n) is 11.1. The Kier molecular flexibility index (Phi) is 6.46. The van der Waals surface area contributed by atoms with E-state index >= 15 is 0 Å². The second-order valence-electron chi connectivity index (χ2n) is 9.56. The number of nitrogens with zero attached hydrogens (tertiary/aromatic N) is 2. The molecule has 0 spiro atoms. The second-order valence-corrected chi connectivity index (χ2v) is 9.56. The lowest BCUT2D eigenvalue weighted by atomic mass is 9.92. The monoisotopic (exact) mass is 387 g/mol. The molecule has 0 saturated carbocycles. The maximum absolute atomic E-state index is 2.36. The van der Waals surface area contributed by atoms with E-state index in [1.165, 1.54) is 33.6 Å². The molecule has 1 aliphatic heterocycles. The number of hydrogen-bond donors (Lipinski definition) is 0. The molecule has 0 aliphatic carbocycles. The Labute approximate surface area is 178 Å². The highest BCUT2D eigenvalue weighted by atomic mass is 15.2. The van der Waals surface area contributed by atoms with E-state index in [0.29, 0.717) is 23.7 Å². The molecule has 0 bridgehead atoms. The number of rotatable bonds is 6. The third-order valence-electron chi connectivity index (χ3n) is 5.82. The van der Waals surface area contributed by atoms with Crippen molar-refractivity contribution in [1.29, 1.82) is 0 Å². The molecule has 1 radical (unpaired) electrons. The first-order chi connectivity index (χ1) is 13.7. The van der Waals surface area contributed by atoms with Crippen LogP contribution in [0, 0.1) is 0 Å². The number of benzene rings is 2. The molecule has 2 aromatic rings. The number of anilines is 2. The number of hydrogen-bond acceptors (Lipinski definition) is 2. The predicted molar refractivity (Wildman–Crippen MR) is 129 cm³/mol. The van der Waals surface area contributed by atoms with Crippen LogP contribution in [0.5, 0.6) is 0 Å². The molecule has 3 rings (SSSR count). The average molecular weight is 387 g/mol. The van der Waals surface area contributed by atoms with Gasteiger partial charge in [0.05, 0.1) is 0 Å². The average Bonchev–Trinajstić information content (AvgIpc) is 3.17. The molecule has 0 amide bonds. The maximum atomic E-state index is 2.36. The molecule has 153 valence electrons. The zero-order chi connectivity index (χ0) is 21.3. The summed E-state index contributed by atoms with van der Waals surface area (Å²) in [5, 5.41) is 0. The van der Waals surface area contributed by atoms with Crippen molar-refractivity contribution in [3.8, 4) is 0 Å². The Morgan fingerprint density at radius 2 is 0.759 bits per heavy atom. The Morgan fingerprint density at radius 3 is 1.00 bits per heavy atom. The minimum Gasteiger partial charge on any atom is -0.374 e. The van der Waals surface area contributed by atoms with E-state index in [0.717, 1.165) is 0 Å². The lowest BCUT2D eigenvalue weighted by Gasteiger charge is -2.24. The van der Waals surface area contributed by atoms with Gasteiger partial charge in [-0.1, -0.05) is 67.5 Å². The van der Waals surface area contributed by atoms with Crippen LogP contribution in [0.4, 0.5) is 11.4 Å². The fourth-order valence-corrected chi connectivity index (χ4v) is 3.61. The van der Waals surface area contributed by atoms with Crippen LogP contribution in [-0.2, 0) is 0 Å². The van der Waals surface area contributed by atoms with Crippen LogP contribution in [0.3, 0.4) is 0 Å². The maximum Gasteiger partial charge on any atom is 0.400 e. The summed E-state index contributed by atoms with van der Waals surface area (Å²) in [4.78, 5) is 4.49. The van der Waals surface area contributed by atoms with Crippen molar-refractivity contribution in [3.05, 3.63) is 71.1 Å². The normalized spacial score (nSPS) is 14.1. The van der Waals surface area contributed by atoms with Crippen molar-refractivity contribution in [2.45, 2.75) is 79.1 Å². The SMILES string of the molecule is CC(C)c1cc(C(C)C)cc(N2[B]N(c3cc(C(C)C)cc(C(C)C)c3)C=C2)c1. The fourth-order valence-electron chi connectivity index (χ4n) is 3.61. The Morgan fingerprint density at radius 1 is 0.483 bits per heavy atom. The van der Waals surface area contributed by atoms with Gasteiger partial charge in [-0.05, 0) is 70.2 Å².